The monoisotopic (exact) mass is 455 g/mol. The van der Waals surface area contributed by atoms with E-state index in [-0.39, 0.29) is 12.5 Å². The Morgan fingerprint density at radius 2 is 1.84 bits per heavy atom. The SMILES string of the molecule is CCN(Cc1ccc(OC)c(OC)c1)C(=O)COc1cccc(I)c1. The Kier molecular flexibility index (Phi) is 7.36. The van der Waals surface area contributed by atoms with Gasteiger partial charge in [-0.15, -0.1) is 0 Å². The zero-order valence-electron chi connectivity index (χ0n) is 14.6. The van der Waals surface area contributed by atoms with E-state index in [0.717, 1.165) is 9.13 Å². The van der Waals surface area contributed by atoms with Crippen LogP contribution in [0.4, 0.5) is 0 Å². The van der Waals surface area contributed by atoms with Gasteiger partial charge in [-0.2, -0.15) is 0 Å². The number of nitrogens with zero attached hydrogens (tertiary/aromatic N) is 1. The van der Waals surface area contributed by atoms with Crippen LogP contribution < -0.4 is 14.2 Å². The number of likely N-dealkylation sites (N-methyl/N-ethyl adjacent to an activating group) is 1. The number of rotatable bonds is 8. The third-order valence-electron chi connectivity index (χ3n) is 3.71. The van der Waals surface area contributed by atoms with Crippen LogP contribution in [-0.4, -0.2) is 38.2 Å². The highest BCUT2D eigenvalue weighted by Crippen LogP contribution is 2.28. The topological polar surface area (TPSA) is 48.0 Å². The fourth-order valence-corrected chi connectivity index (χ4v) is 2.88. The minimum absolute atomic E-state index is 0.0151. The molecule has 0 radical (unpaired) electrons. The minimum Gasteiger partial charge on any atom is -0.493 e. The zero-order chi connectivity index (χ0) is 18.2. The molecular weight excluding hydrogens is 433 g/mol. The van der Waals surface area contributed by atoms with E-state index in [1.165, 1.54) is 0 Å². The van der Waals surface area contributed by atoms with Crippen LogP contribution in [0.5, 0.6) is 17.2 Å². The van der Waals surface area contributed by atoms with E-state index >= 15 is 0 Å². The summed E-state index contributed by atoms with van der Waals surface area (Å²) in [5.41, 5.74) is 0.974. The number of halogens is 1. The number of amides is 1. The fraction of sp³-hybridized carbons (Fsp3) is 0.316. The van der Waals surface area contributed by atoms with Crippen molar-refractivity contribution in [1.82, 2.24) is 4.90 Å². The van der Waals surface area contributed by atoms with Gasteiger partial charge in [-0.3, -0.25) is 4.79 Å². The Hall–Kier alpha value is -1.96. The summed E-state index contributed by atoms with van der Waals surface area (Å²) in [5, 5.41) is 0. The highest BCUT2D eigenvalue weighted by Gasteiger charge is 2.14. The van der Waals surface area contributed by atoms with Gasteiger partial charge in [-0.1, -0.05) is 12.1 Å². The van der Waals surface area contributed by atoms with Crippen molar-refractivity contribution >= 4 is 28.5 Å². The third kappa shape index (κ3) is 5.52. The summed E-state index contributed by atoms with van der Waals surface area (Å²) in [6.07, 6.45) is 0. The lowest BCUT2D eigenvalue weighted by molar-refractivity contribution is -0.133. The first-order valence-electron chi connectivity index (χ1n) is 7.94. The molecule has 0 aromatic heterocycles. The van der Waals surface area contributed by atoms with Crippen LogP contribution in [0.3, 0.4) is 0 Å². The molecule has 134 valence electrons. The van der Waals surface area contributed by atoms with Crippen molar-refractivity contribution in [2.75, 3.05) is 27.4 Å². The van der Waals surface area contributed by atoms with Gasteiger partial charge in [0.15, 0.2) is 18.1 Å². The Balaban J connectivity index is 2.00. The van der Waals surface area contributed by atoms with E-state index in [1.54, 1.807) is 19.1 Å². The van der Waals surface area contributed by atoms with Crippen molar-refractivity contribution in [2.45, 2.75) is 13.5 Å². The molecule has 6 heteroatoms. The molecule has 5 nitrogen and oxygen atoms in total. The van der Waals surface area contributed by atoms with Crippen LogP contribution in [0.1, 0.15) is 12.5 Å². The van der Waals surface area contributed by atoms with Crippen molar-refractivity contribution in [3.8, 4) is 17.2 Å². The van der Waals surface area contributed by atoms with Crippen LogP contribution in [0, 0.1) is 3.57 Å². The van der Waals surface area contributed by atoms with E-state index in [4.69, 9.17) is 14.2 Å². The fourth-order valence-electron chi connectivity index (χ4n) is 2.37. The van der Waals surface area contributed by atoms with Crippen molar-refractivity contribution in [1.29, 1.82) is 0 Å². The zero-order valence-corrected chi connectivity index (χ0v) is 16.8. The van der Waals surface area contributed by atoms with E-state index in [2.05, 4.69) is 22.6 Å². The molecule has 0 unspecified atom stereocenters. The van der Waals surface area contributed by atoms with Gasteiger partial charge in [0.2, 0.25) is 0 Å². The number of hydrogen-bond acceptors (Lipinski definition) is 4. The Bertz CT molecular complexity index is 720. The molecule has 0 atom stereocenters. The highest BCUT2D eigenvalue weighted by atomic mass is 127. The smallest absolute Gasteiger partial charge is 0.260 e. The molecule has 2 rings (SSSR count). The number of ether oxygens (including phenoxy) is 3. The Morgan fingerprint density at radius 1 is 1.08 bits per heavy atom. The van der Waals surface area contributed by atoms with Crippen molar-refractivity contribution < 1.29 is 19.0 Å². The molecule has 2 aromatic rings. The predicted molar refractivity (Wildman–Crippen MR) is 105 cm³/mol. The van der Waals surface area contributed by atoms with Crippen LogP contribution in [0.2, 0.25) is 0 Å². The number of hydrogen-bond donors (Lipinski definition) is 0. The average Bonchev–Trinajstić information content (AvgIpc) is 2.64. The number of benzene rings is 2. The molecule has 0 aliphatic rings. The molecule has 1 amide bonds. The second kappa shape index (κ2) is 9.50. The first-order chi connectivity index (χ1) is 12.1. The normalized spacial score (nSPS) is 10.2. The molecule has 2 aromatic carbocycles. The van der Waals surface area contributed by atoms with Gasteiger partial charge in [-0.05, 0) is 65.4 Å². The van der Waals surface area contributed by atoms with Gasteiger partial charge >= 0.3 is 0 Å². The van der Waals surface area contributed by atoms with E-state index < -0.39 is 0 Å². The van der Waals surface area contributed by atoms with Gasteiger partial charge in [0.25, 0.3) is 5.91 Å². The summed E-state index contributed by atoms with van der Waals surface area (Å²) in [5.74, 6) is 1.96. The Morgan fingerprint density at radius 3 is 2.48 bits per heavy atom. The van der Waals surface area contributed by atoms with Crippen LogP contribution in [-0.2, 0) is 11.3 Å². The van der Waals surface area contributed by atoms with E-state index in [0.29, 0.717) is 30.3 Å². The molecule has 0 heterocycles. The molecule has 0 N–H and O–H groups in total. The molecular formula is C19H22INO4. The van der Waals surface area contributed by atoms with Crippen LogP contribution in [0.25, 0.3) is 0 Å². The number of carbonyl (C=O) groups excluding carboxylic acids is 1. The van der Waals surface area contributed by atoms with E-state index in [9.17, 15) is 4.79 Å². The number of methoxy groups -OCH3 is 2. The predicted octanol–water partition coefficient (Wildman–Crippen LogP) is 3.74. The maximum Gasteiger partial charge on any atom is 0.260 e. The summed E-state index contributed by atoms with van der Waals surface area (Å²) in [6, 6.07) is 13.3. The van der Waals surface area contributed by atoms with Gasteiger partial charge in [0.1, 0.15) is 5.75 Å². The summed E-state index contributed by atoms with van der Waals surface area (Å²) >= 11 is 2.21. The van der Waals surface area contributed by atoms with Gasteiger partial charge in [0, 0.05) is 16.7 Å². The molecule has 0 saturated heterocycles. The van der Waals surface area contributed by atoms with Crippen LogP contribution in [0.15, 0.2) is 42.5 Å². The number of carbonyl (C=O) groups is 1. The van der Waals surface area contributed by atoms with Crippen molar-refractivity contribution in [3.05, 3.63) is 51.6 Å². The van der Waals surface area contributed by atoms with Crippen molar-refractivity contribution in [3.63, 3.8) is 0 Å². The highest BCUT2D eigenvalue weighted by molar-refractivity contribution is 14.1. The van der Waals surface area contributed by atoms with Gasteiger partial charge in [-0.25, -0.2) is 0 Å². The molecule has 0 spiro atoms. The van der Waals surface area contributed by atoms with Gasteiger partial charge < -0.3 is 19.1 Å². The molecule has 0 fully saturated rings. The second-order valence-electron chi connectivity index (χ2n) is 5.34. The minimum atomic E-state index is -0.0591. The maximum atomic E-state index is 12.5. The molecule has 0 aliphatic heterocycles. The average molecular weight is 455 g/mol. The lowest BCUT2D eigenvalue weighted by Crippen LogP contribution is -2.34. The molecule has 0 bridgehead atoms. The Labute approximate surface area is 162 Å². The third-order valence-corrected chi connectivity index (χ3v) is 4.39. The standard InChI is InChI=1S/C19H22INO4/c1-4-21(12-14-8-9-17(23-2)18(10-14)24-3)19(22)13-25-16-7-5-6-15(20)11-16/h5-11H,4,12-13H2,1-3H3. The lowest BCUT2D eigenvalue weighted by Gasteiger charge is -2.21. The lowest BCUT2D eigenvalue weighted by atomic mass is 10.2. The van der Waals surface area contributed by atoms with Crippen LogP contribution >= 0.6 is 22.6 Å². The molecule has 0 aliphatic carbocycles. The summed E-state index contributed by atoms with van der Waals surface area (Å²) in [6.45, 7) is 3.06. The summed E-state index contributed by atoms with van der Waals surface area (Å²) < 4.78 is 17.2. The second-order valence-corrected chi connectivity index (χ2v) is 6.59. The first-order valence-corrected chi connectivity index (χ1v) is 9.02. The molecule has 0 saturated carbocycles. The van der Waals surface area contributed by atoms with Gasteiger partial charge in [0.05, 0.1) is 14.2 Å². The molecule has 25 heavy (non-hydrogen) atoms. The summed E-state index contributed by atoms with van der Waals surface area (Å²) in [7, 11) is 3.20. The largest absolute Gasteiger partial charge is 0.493 e. The maximum absolute atomic E-state index is 12.5. The quantitative estimate of drug-likeness (QED) is 0.570. The first kappa shape index (κ1) is 19.4. The van der Waals surface area contributed by atoms with Crippen molar-refractivity contribution in [2.24, 2.45) is 0 Å². The summed E-state index contributed by atoms with van der Waals surface area (Å²) in [4.78, 5) is 14.2. The van der Waals surface area contributed by atoms with E-state index in [1.807, 2.05) is 49.4 Å².